The molecule has 1 aromatic carbocycles. The van der Waals surface area contributed by atoms with Gasteiger partial charge >= 0.3 is 0 Å². The van der Waals surface area contributed by atoms with Crippen LogP contribution in [-0.2, 0) is 9.84 Å². The molecule has 0 fully saturated rings. The minimum absolute atomic E-state index is 0.164. The molecule has 0 saturated carbocycles. The first-order valence-electron chi connectivity index (χ1n) is 4.56. The van der Waals surface area contributed by atoms with E-state index in [9.17, 15) is 8.42 Å². The van der Waals surface area contributed by atoms with Crippen molar-refractivity contribution >= 4 is 21.4 Å². The summed E-state index contributed by atoms with van der Waals surface area (Å²) in [7, 11) is -3.25. The van der Waals surface area contributed by atoms with Crippen LogP contribution in [0.15, 0.2) is 23.1 Å². The van der Waals surface area contributed by atoms with Crippen molar-refractivity contribution in [3.05, 3.63) is 28.8 Å². The van der Waals surface area contributed by atoms with Crippen molar-refractivity contribution in [2.75, 3.05) is 12.8 Å². The van der Waals surface area contributed by atoms with Gasteiger partial charge in [0.1, 0.15) is 0 Å². The van der Waals surface area contributed by atoms with Crippen molar-refractivity contribution < 1.29 is 8.42 Å². The molecule has 0 radical (unpaired) electrons. The van der Waals surface area contributed by atoms with Gasteiger partial charge in [-0.25, -0.2) is 8.42 Å². The fourth-order valence-corrected chi connectivity index (χ4v) is 2.60. The van der Waals surface area contributed by atoms with E-state index in [-0.39, 0.29) is 15.8 Å². The Morgan fingerprint density at radius 3 is 2.47 bits per heavy atom. The van der Waals surface area contributed by atoms with Gasteiger partial charge in [0.2, 0.25) is 0 Å². The lowest BCUT2D eigenvalue weighted by Gasteiger charge is -2.10. The smallest absolute Gasteiger partial charge is 0.176 e. The summed E-state index contributed by atoms with van der Waals surface area (Å²) < 4.78 is 22.6. The highest BCUT2D eigenvalue weighted by Gasteiger charge is 2.13. The first kappa shape index (κ1) is 12.5. The molecule has 1 rings (SSSR count). The van der Waals surface area contributed by atoms with E-state index < -0.39 is 9.84 Å². The van der Waals surface area contributed by atoms with Crippen LogP contribution in [0, 0.1) is 0 Å². The number of nitrogens with two attached hydrogens (primary N) is 1. The average Bonchev–Trinajstić information content (AvgIpc) is 2.14. The van der Waals surface area contributed by atoms with E-state index in [1.807, 2.05) is 6.92 Å². The Hall–Kier alpha value is -0.580. The molecule has 0 bridgehead atoms. The second kappa shape index (κ2) is 4.51. The van der Waals surface area contributed by atoms with Gasteiger partial charge in [0.25, 0.3) is 0 Å². The summed E-state index contributed by atoms with van der Waals surface area (Å²) in [6, 6.07) is 4.94. The first-order chi connectivity index (χ1) is 6.86. The molecular formula is C10H14ClNO2S. The number of hydrogen-bond donors (Lipinski definition) is 1. The van der Waals surface area contributed by atoms with Gasteiger partial charge in [-0.2, -0.15) is 0 Å². The van der Waals surface area contributed by atoms with E-state index in [1.54, 1.807) is 12.1 Å². The highest BCUT2D eigenvalue weighted by molar-refractivity contribution is 7.90. The zero-order valence-corrected chi connectivity index (χ0v) is 10.3. The van der Waals surface area contributed by atoms with Crippen LogP contribution < -0.4 is 5.73 Å². The van der Waals surface area contributed by atoms with Crippen molar-refractivity contribution in [2.45, 2.75) is 17.7 Å². The quantitative estimate of drug-likeness (QED) is 0.886. The van der Waals surface area contributed by atoms with Gasteiger partial charge in [-0.15, -0.1) is 0 Å². The monoisotopic (exact) mass is 247 g/mol. The molecule has 0 saturated heterocycles. The molecular weight excluding hydrogens is 234 g/mol. The van der Waals surface area contributed by atoms with Crippen molar-refractivity contribution in [1.29, 1.82) is 0 Å². The van der Waals surface area contributed by atoms with Gasteiger partial charge in [-0.1, -0.05) is 24.6 Å². The third-order valence-corrected chi connectivity index (χ3v) is 3.86. The second-order valence-electron chi connectivity index (χ2n) is 3.60. The van der Waals surface area contributed by atoms with Crippen LogP contribution in [0.25, 0.3) is 0 Å². The Labute approximate surface area is 95.2 Å². The summed E-state index contributed by atoms with van der Waals surface area (Å²) >= 11 is 5.90. The molecule has 5 heteroatoms. The molecule has 0 spiro atoms. The minimum Gasteiger partial charge on any atom is -0.330 e. The van der Waals surface area contributed by atoms with E-state index in [1.165, 1.54) is 6.07 Å². The van der Waals surface area contributed by atoms with Gasteiger partial charge < -0.3 is 5.73 Å². The maximum absolute atomic E-state index is 11.3. The molecule has 1 aromatic rings. The molecule has 84 valence electrons. The molecule has 0 amide bonds. The van der Waals surface area contributed by atoms with E-state index in [4.69, 9.17) is 17.3 Å². The molecule has 0 heterocycles. The number of halogens is 1. The van der Waals surface area contributed by atoms with Crippen molar-refractivity contribution in [2.24, 2.45) is 5.73 Å². The summed E-state index contributed by atoms with van der Waals surface area (Å²) in [6.45, 7) is 2.47. The summed E-state index contributed by atoms with van der Waals surface area (Å²) in [5, 5.41) is 0.260. The van der Waals surface area contributed by atoms with Gasteiger partial charge in [0.05, 0.1) is 9.92 Å². The van der Waals surface area contributed by atoms with Gasteiger partial charge in [0.15, 0.2) is 9.84 Å². The molecule has 2 N–H and O–H groups in total. The van der Waals surface area contributed by atoms with Crippen LogP contribution in [0.5, 0.6) is 0 Å². The predicted molar refractivity (Wildman–Crippen MR) is 62.0 cm³/mol. The first-order valence-corrected chi connectivity index (χ1v) is 6.82. The number of benzene rings is 1. The van der Waals surface area contributed by atoms with Crippen LogP contribution in [0.2, 0.25) is 5.02 Å². The number of hydrogen-bond acceptors (Lipinski definition) is 3. The molecule has 0 aliphatic rings. The SMILES string of the molecule is CC(CN)c1ccc(S(C)(=O)=O)c(Cl)c1. The van der Waals surface area contributed by atoms with Gasteiger partial charge in [-0.05, 0) is 30.2 Å². The summed E-state index contributed by atoms with van der Waals surface area (Å²) in [5.74, 6) is 0.177. The Morgan fingerprint density at radius 1 is 1.47 bits per heavy atom. The Morgan fingerprint density at radius 2 is 2.07 bits per heavy atom. The Kier molecular flexibility index (Phi) is 3.76. The van der Waals surface area contributed by atoms with E-state index >= 15 is 0 Å². The highest BCUT2D eigenvalue weighted by atomic mass is 35.5. The van der Waals surface area contributed by atoms with Crippen LogP contribution in [0.3, 0.4) is 0 Å². The normalized spacial score (nSPS) is 13.9. The third kappa shape index (κ3) is 2.93. The minimum atomic E-state index is -3.25. The maximum atomic E-state index is 11.3. The zero-order chi connectivity index (χ0) is 11.6. The third-order valence-electron chi connectivity index (χ3n) is 2.28. The second-order valence-corrected chi connectivity index (χ2v) is 5.99. The largest absolute Gasteiger partial charge is 0.330 e. The lowest BCUT2D eigenvalue weighted by molar-refractivity contribution is 0.602. The van der Waals surface area contributed by atoms with Gasteiger partial charge in [-0.3, -0.25) is 0 Å². The molecule has 15 heavy (non-hydrogen) atoms. The summed E-state index contributed by atoms with van der Waals surface area (Å²) in [6.07, 6.45) is 1.14. The topological polar surface area (TPSA) is 60.2 Å². The molecule has 0 aliphatic carbocycles. The van der Waals surface area contributed by atoms with E-state index in [0.717, 1.165) is 11.8 Å². The molecule has 1 atom stereocenters. The maximum Gasteiger partial charge on any atom is 0.176 e. The van der Waals surface area contributed by atoms with E-state index in [2.05, 4.69) is 0 Å². The Balaban J connectivity index is 3.21. The summed E-state index contributed by atoms with van der Waals surface area (Å²) in [4.78, 5) is 0.164. The van der Waals surface area contributed by atoms with E-state index in [0.29, 0.717) is 6.54 Å². The lowest BCUT2D eigenvalue weighted by atomic mass is 10.0. The average molecular weight is 248 g/mol. The molecule has 3 nitrogen and oxygen atoms in total. The predicted octanol–water partition coefficient (Wildman–Crippen LogP) is 1.81. The van der Waals surface area contributed by atoms with Crippen molar-refractivity contribution in [1.82, 2.24) is 0 Å². The number of rotatable bonds is 3. The van der Waals surface area contributed by atoms with Crippen molar-refractivity contribution in [3.8, 4) is 0 Å². The lowest BCUT2D eigenvalue weighted by Crippen LogP contribution is -2.09. The van der Waals surface area contributed by atoms with Gasteiger partial charge in [0, 0.05) is 6.26 Å². The van der Waals surface area contributed by atoms with Crippen LogP contribution in [0.1, 0.15) is 18.4 Å². The standard InChI is InChI=1S/C10H14ClNO2S/c1-7(6-12)8-3-4-10(9(11)5-8)15(2,13)14/h3-5,7H,6,12H2,1-2H3. The Bertz CT molecular complexity index is 456. The molecule has 1 unspecified atom stereocenters. The molecule has 0 aliphatic heterocycles. The van der Waals surface area contributed by atoms with Crippen LogP contribution in [-0.4, -0.2) is 21.2 Å². The van der Waals surface area contributed by atoms with Crippen molar-refractivity contribution in [3.63, 3.8) is 0 Å². The summed E-state index contributed by atoms with van der Waals surface area (Å²) in [5.41, 5.74) is 6.47. The van der Waals surface area contributed by atoms with Crippen LogP contribution in [0.4, 0.5) is 0 Å². The fraction of sp³-hybridized carbons (Fsp3) is 0.400. The molecule has 0 aromatic heterocycles. The highest BCUT2D eigenvalue weighted by Crippen LogP contribution is 2.25. The zero-order valence-electron chi connectivity index (χ0n) is 8.70. The fourth-order valence-electron chi connectivity index (χ4n) is 1.26. The number of sulfone groups is 1. The van der Waals surface area contributed by atoms with Crippen LogP contribution >= 0.6 is 11.6 Å².